The molecule has 2 unspecified atom stereocenters. The Kier molecular flexibility index (Phi) is 5.07. The van der Waals surface area contributed by atoms with Crippen LogP contribution in [0.2, 0.25) is 0 Å². The van der Waals surface area contributed by atoms with Crippen LogP contribution in [0, 0.1) is 0 Å². The molecule has 2 saturated heterocycles. The highest BCUT2D eigenvalue weighted by Gasteiger charge is 2.31. The van der Waals surface area contributed by atoms with Crippen molar-refractivity contribution >= 4 is 0 Å². The van der Waals surface area contributed by atoms with E-state index in [9.17, 15) is 0 Å². The molecule has 0 amide bonds. The van der Waals surface area contributed by atoms with Crippen LogP contribution in [0.3, 0.4) is 0 Å². The van der Waals surface area contributed by atoms with Crippen LogP contribution in [0.1, 0.15) is 38.5 Å². The van der Waals surface area contributed by atoms with Crippen molar-refractivity contribution in [3.05, 3.63) is 0 Å². The summed E-state index contributed by atoms with van der Waals surface area (Å²) in [5.41, 5.74) is 0. The van der Waals surface area contributed by atoms with Crippen LogP contribution in [-0.4, -0.2) is 50.3 Å². The smallest absolute Gasteiger partial charge is 0.0462 e. The van der Waals surface area contributed by atoms with Gasteiger partial charge < -0.3 is 15.0 Å². The quantitative estimate of drug-likeness (QED) is 0.697. The molecule has 2 rings (SSSR count). The first kappa shape index (κ1) is 12.3. The number of fused-ring (bicyclic) bond motifs is 1. The van der Waals surface area contributed by atoms with Gasteiger partial charge >= 0.3 is 0 Å². The van der Waals surface area contributed by atoms with Crippen LogP contribution in [0.15, 0.2) is 0 Å². The highest BCUT2D eigenvalue weighted by atomic mass is 16.5. The van der Waals surface area contributed by atoms with Crippen LogP contribution in [0.4, 0.5) is 0 Å². The van der Waals surface area contributed by atoms with Gasteiger partial charge in [-0.25, -0.2) is 0 Å². The molecule has 2 fully saturated rings. The van der Waals surface area contributed by atoms with Crippen molar-refractivity contribution in [1.82, 2.24) is 10.2 Å². The van der Waals surface area contributed by atoms with Gasteiger partial charge in [0.1, 0.15) is 0 Å². The van der Waals surface area contributed by atoms with E-state index in [0.29, 0.717) is 0 Å². The fourth-order valence-corrected chi connectivity index (χ4v) is 3.09. The molecule has 0 spiro atoms. The van der Waals surface area contributed by atoms with E-state index in [0.717, 1.165) is 18.7 Å². The SMILES string of the molecule is COCCCCNC1CCN2CCCC2C1. The Morgan fingerprint density at radius 3 is 3.06 bits per heavy atom. The molecule has 16 heavy (non-hydrogen) atoms. The number of unbranched alkanes of at least 4 members (excludes halogenated alkanes) is 1. The zero-order chi connectivity index (χ0) is 11.2. The molecule has 0 radical (unpaired) electrons. The summed E-state index contributed by atoms with van der Waals surface area (Å²) in [6.07, 6.45) is 8.02. The topological polar surface area (TPSA) is 24.5 Å². The van der Waals surface area contributed by atoms with Gasteiger partial charge in [-0.05, 0) is 58.2 Å². The third kappa shape index (κ3) is 3.44. The van der Waals surface area contributed by atoms with Crippen LogP contribution in [0.5, 0.6) is 0 Å². The minimum absolute atomic E-state index is 0.780. The highest BCUT2D eigenvalue weighted by molar-refractivity contribution is 4.88. The molecule has 0 aromatic rings. The lowest BCUT2D eigenvalue weighted by Crippen LogP contribution is -2.45. The predicted octanol–water partition coefficient (Wildman–Crippen LogP) is 1.63. The average molecular weight is 226 g/mol. The lowest BCUT2D eigenvalue weighted by molar-refractivity contribution is 0.164. The first-order valence-corrected chi connectivity index (χ1v) is 6.86. The second kappa shape index (κ2) is 6.58. The number of nitrogens with one attached hydrogen (secondary N) is 1. The Morgan fingerprint density at radius 2 is 2.19 bits per heavy atom. The van der Waals surface area contributed by atoms with E-state index < -0.39 is 0 Å². The molecule has 0 bridgehead atoms. The van der Waals surface area contributed by atoms with Gasteiger partial charge in [-0.15, -0.1) is 0 Å². The summed E-state index contributed by atoms with van der Waals surface area (Å²) in [4.78, 5) is 2.68. The van der Waals surface area contributed by atoms with Gasteiger partial charge in [0, 0.05) is 25.8 Å². The van der Waals surface area contributed by atoms with Gasteiger partial charge in [0.15, 0.2) is 0 Å². The van der Waals surface area contributed by atoms with Crippen molar-refractivity contribution in [2.24, 2.45) is 0 Å². The summed E-state index contributed by atoms with van der Waals surface area (Å²) in [6, 6.07) is 1.67. The Morgan fingerprint density at radius 1 is 1.25 bits per heavy atom. The van der Waals surface area contributed by atoms with Gasteiger partial charge in [-0.2, -0.15) is 0 Å². The second-order valence-corrected chi connectivity index (χ2v) is 5.21. The number of hydrogen-bond donors (Lipinski definition) is 1. The van der Waals surface area contributed by atoms with E-state index in [1.165, 1.54) is 58.2 Å². The molecule has 3 nitrogen and oxygen atoms in total. The van der Waals surface area contributed by atoms with Crippen molar-refractivity contribution in [1.29, 1.82) is 0 Å². The van der Waals surface area contributed by atoms with Crippen molar-refractivity contribution < 1.29 is 4.74 Å². The molecule has 2 atom stereocenters. The summed E-state index contributed by atoms with van der Waals surface area (Å²) in [7, 11) is 1.78. The third-order valence-electron chi connectivity index (χ3n) is 4.03. The van der Waals surface area contributed by atoms with Crippen LogP contribution < -0.4 is 5.32 Å². The lowest BCUT2D eigenvalue weighted by Gasteiger charge is -2.35. The minimum Gasteiger partial charge on any atom is -0.385 e. The van der Waals surface area contributed by atoms with E-state index in [1.807, 2.05) is 0 Å². The third-order valence-corrected chi connectivity index (χ3v) is 4.03. The second-order valence-electron chi connectivity index (χ2n) is 5.21. The molecule has 0 aromatic carbocycles. The van der Waals surface area contributed by atoms with E-state index >= 15 is 0 Å². The fourth-order valence-electron chi connectivity index (χ4n) is 3.09. The number of piperidine rings is 1. The maximum absolute atomic E-state index is 5.06. The predicted molar refractivity (Wildman–Crippen MR) is 66.7 cm³/mol. The Bertz CT molecular complexity index is 198. The molecule has 1 N–H and O–H groups in total. The molecule has 2 aliphatic heterocycles. The number of nitrogens with zero attached hydrogens (tertiary/aromatic N) is 1. The van der Waals surface area contributed by atoms with Gasteiger partial charge in [0.2, 0.25) is 0 Å². The monoisotopic (exact) mass is 226 g/mol. The van der Waals surface area contributed by atoms with Crippen molar-refractivity contribution in [2.45, 2.75) is 50.6 Å². The van der Waals surface area contributed by atoms with Gasteiger partial charge in [0.25, 0.3) is 0 Å². The summed E-state index contributed by atoms with van der Waals surface area (Å²) < 4.78 is 5.06. The zero-order valence-corrected chi connectivity index (χ0v) is 10.6. The summed E-state index contributed by atoms with van der Waals surface area (Å²) in [6.45, 7) is 4.75. The Labute approximate surface area is 99.5 Å². The van der Waals surface area contributed by atoms with E-state index in [4.69, 9.17) is 4.74 Å². The van der Waals surface area contributed by atoms with E-state index in [2.05, 4.69) is 10.2 Å². The Balaban J connectivity index is 1.56. The standard InChI is InChI=1S/C13H26N2O/c1-16-10-3-2-7-14-12-6-9-15-8-4-5-13(15)11-12/h12-14H,2-11H2,1H3. The molecule has 94 valence electrons. The fraction of sp³-hybridized carbons (Fsp3) is 1.00. The largest absolute Gasteiger partial charge is 0.385 e. The molecule has 2 heterocycles. The first-order chi connectivity index (χ1) is 7.90. The number of methoxy groups -OCH3 is 1. The normalized spacial score (nSPS) is 30.6. The van der Waals surface area contributed by atoms with Crippen LogP contribution in [-0.2, 0) is 4.74 Å². The van der Waals surface area contributed by atoms with E-state index in [1.54, 1.807) is 7.11 Å². The zero-order valence-electron chi connectivity index (χ0n) is 10.6. The average Bonchev–Trinajstić information content (AvgIpc) is 2.76. The van der Waals surface area contributed by atoms with E-state index in [-0.39, 0.29) is 0 Å². The van der Waals surface area contributed by atoms with Crippen molar-refractivity contribution in [3.63, 3.8) is 0 Å². The minimum atomic E-state index is 0.780. The summed E-state index contributed by atoms with van der Waals surface area (Å²) >= 11 is 0. The molecular weight excluding hydrogens is 200 g/mol. The van der Waals surface area contributed by atoms with Crippen molar-refractivity contribution in [3.8, 4) is 0 Å². The van der Waals surface area contributed by atoms with Gasteiger partial charge in [0.05, 0.1) is 0 Å². The maximum Gasteiger partial charge on any atom is 0.0462 e. The van der Waals surface area contributed by atoms with Crippen molar-refractivity contribution in [2.75, 3.05) is 33.4 Å². The molecule has 0 aliphatic carbocycles. The van der Waals surface area contributed by atoms with Gasteiger partial charge in [-0.1, -0.05) is 0 Å². The highest BCUT2D eigenvalue weighted by Crippen LogP contribution is 2.26. The number of rotatable bonds is 6. The molecular formula is C13H26N2O. The van der Waals surface area contributed by atoms with Crippen LogP contribution >= 0.6 is 0 Å². The van der Waals surface area contributed by atoms with Crippen LogP contribution in [0.25, 0.3) is 0 Å². The molecule has 3 heteroatoms. The molecule has 0 aromatic heterocycles. The maximum atomic E-state index is 5.06. The summed E-state index contributed by atoms with van der Waals surface area (Å²) in [5, 5.41) is 3.71. The number of ether oxygens (including phenoxy) is 1. The molecule has 2 aliphatic rings. The van der Waals surface area contributed by atoms with Gasteiger partial charge in [-0.3, -0.25) is 0 Å². The Hall–Kier alpha value is -0.120. The summed E-state index contributed by atoms with van der Waals surface area (Å²) in [5.74, 6) is 0. The number of hydrogen-bond acceptors (Lipinski definition) is 3. The lowest BCUT2D eigenvalue weighted by atomic mass is 9.97. The molecule has 0 saturated carbocycles. The first-order valence-electron chi connectivity index (χ1n) is 6.86.